The van der Waals surface area contributed by atoms with Crippen LogP contribution in [0.5, 0.6) is 0 Å². The molecular weight excluding hydrogens is 254 g/mol. The van der Waals surface area contributed by atoms with Gasteiger partial charge in [0, 0.05) is 12.7 Å². The third-order valence-corrected chi connectivity index (χ3v) is 4.32. The number of hydrogen-bond donors (Lipinski definition) is 3. The topological polar surface area (TPSA) is 88.2 Å². The summed E-state index contributed by atoms with van der Waals surface area (Å²) in [6, 6.07) is 1.43. The molecule has 0 aliphatic heterocycles. The normalized spacial score (nSPS) is 22.4. The second-order valence-electron chi connectivity index (χ2n) is 5.60. The van der Waals surface area contributed by atoms with E-state index in [0.717, 1.165) is 12.5 Å². The van der Waals surface area contributed by atoms with Gasteiger partial charge in [-0.2, -0.15) is 0 Å². The van der Waals surface area contributed by atoms with Gasteiger partial charge in [-0.3, -0.25) is 0 Å². The summed E-state index contributed by atoms with van der Waals surface area (Å²) in [6.45, 7) is 3.07. The van der Waals surface area contributed by atoms with Crippen LogP contribution in [0.15, 0.2) is 12.3 Å². The van der Waals surface area contributed by atoms with Crippen LogP contribution < -0.4 is 11.1 Å². The van der Waals surface area contributed by atoms with Crippen molar-refractivity contribution in [1.29, 1.82) is 0 Å². The van der Waals surface area contributed by atoms with Crippen LogP contribution in [0.3, 0.4) is 0 Å². The van der Waals surface area contributed by atoms with Gasteiger partial charge in [-0.25, -0.2) is 9.78 Å². The number of nitrogens with two attached hydrogens (primary N) is 1. The fraction of sp³-hybridized carbons (Fsp3) is 0.600. The molecule has 0 saturated heterocycles. The lowest BCUT2D eigenvalue weighted by atomic mass is 9.81. The Morgan fingerprint density at radius 2 is 2.05 bits per heavy atom. The summed E-state index contributed by atoms with van der Waals surface area (Å²) in [5.41, 5.74) is 6.17. The number of anilines is 2. The first-order valence-electron chi connectivity index (χ1n) is 7.33. The summed E-state index contributed by atoms with van der Waals surface area (Å²) in [7, 11) is 0. The van der Waals surface area contributed by atoms with Crippen molar-refractivity contribution in [3.63, 3.8) is 0 Å². The first-order chi connectivity index (χ1) is 9.61. The predicted molar refractivity (Wildman–Crippen MR) is 79.8 cm³/mol. The summed E-state index contributed by atoms with van der Waals surface area (Å²) >= 11 is 0. The quantitative estimate of drug-likeness (QED) is 0.770. The average molecular weight is 277 g/mol. The Morgan fingerprint density at radius 3 is 2.65 bits per heavy atom. The molecule has 1 aromatic rings. The number of carboxylic acids is 1. The molecule has 1 aromatic heterocycles. The van der Waals surface area contributed by atoms with E-state index in [2.05, 4.69) is 17.2 Å². The Balaban J connectivity index is 1.92. The number of nitrogen functional groups attached to an aromatic ring is 1. The van der Waals surface area contributed by atoms with E-state index in [1.54, 1.807) is 0 Å². The van der Waals surface area contributed by atoms with Crippen LogP contribution >= 0.6 is 0 Å². The zero-order chi connectivity index (χ0) is 14.5. The van der Waals surface area contributed by atoms with Crippen molar-refractivity contribution in [3.8, 4) is 0 Å². The maximum absolute atomic E-state index is 11.0. The van der Waals surface area contributed by atoms with E-state index in [1.807, 2.05) is 0 Å². The number of nitrogens with zero attached hydrogens (tertiary/aromatic N) is 1. The van der Waals surface area contributed by atoms with Gasteiger partial charge in [0.15, 0.2) is 0 Å². The number of nitrogens with one attached hydrogen (secondary N) is 1. The lowest BCUT2D eigenvalue weighted by molar-refractivity contribution is 0.0698. The molecule has 0 radical (unpaired) electrons. The van der Waals surface area contributed by atoms with E-state index < -0.39 is 5.97 Å². The van der Waals surface area contributed by atoms with E-state index in [0.29, 0.717) is 11.7 Å². The molecular formula is C15H23N3O2. The molecule has 110 valence electrons. The molecule has 20 heavy (non-hydrogen) atoms. The van der Waals surface area contributed by atoms with Gasteiger partial charge in [-0.15, -0.1) is 0 Å². The van der Waals surface area contributed by atoms with Crippen molar-refractivity contribution < 1.29 is 9.90 Å². The monoisotopic (exact) mass is 277 g/mol. The van der Waals surface area contributed by atoms with Crippen LogP contribution in [-0.2, 0) is 0 Å². The highest BCUT2D eigenvalue weighted by Crippen LogP contribution is 2.31. The molecule has 1 saturated carbocycles. The number of aromatic nitrogens is 1. The lowest BCUT2D eigenvalue weighted by Crippen LogP contribution is -2.22. The molecule has 0 bridgehead atoms. The van der Waals surface area contributed by atoms with Crippen molar-refractivity contribution >= 4 is 17.5 Å². The number of carboxylic acid groups (broad SMARTS) is 1. The molecule has 2 rings (SSSR count). The fourth-order valence-corrected chi connectivity index (χ4v) is 2.89. The summed E-state index contributed by atoms with van der Waals surface area (Å²) < 4.78 is 0. The lowest BCUT2D eigenvalue weighted by Gasteiger charge is -2.28. The number of hydrogen-bond acceptors (Lipinski definition) is 4. The van der Waals surface area contributed by atoms with Crippen molar-refractivity contribution in [2.24, 2.45) is 11.8 Å². The van der Waals surface area contributed by atoms with E-state index in [9.17, 15) is 4.79 Å². The van der Waals surface area contributed by atoms with Gasteiger partial charge in [0.05, 0.1) is 11.3 Å². The number of aromatic carboxylic acids is 1. The Bertz CT molecular complexity index is 468. The van der Waals surface area contributed by atoms with Crippen LogP contribution in [0.2, 0.25) is 0 Å². The van der Waals surface area contributed by atoms with Crippen molar-refractivity contribution in [2.45, 2.75) is 39.0 Å². The molecule has 1 aliphatic carbocycles. The smallest absolute Gasteiger partial charge is 0.337 e. The van der Waals surface area contributed by atoms with Crippen molar-refractivity contribution in [1.82, 2.24) is 4.98 Å². The van der Waals surface area contributed by atoms with E-state index in [1.165, 1.54) is 44.4 Å². The zero-order valence-corrected chi connectivity index (χ0v) is 11.9. The first kappa shape index (κ1) is 14.6. The van der Waals surface area contributed by atoms with Crippen molar-refractivity contribution in [2.75, 3.05) is 17.6 Å². The van der Waals surface area contributed by atoms with E-state index in [-0.39, 0.29) is 11.3 Å². The molecule has 0 spiro atoms. The van der Waals surface area contributed by atoms with Gasteiger partial charge in [-0.05, 0) is 30.7 Å². The molecule has 1 heterocycles. The third kappa shape index (κ3) is 3.40. The summed E-state index contributed by atoms with van der Waals surface area (Å²) in [5, 5.41) is 12.2. The van der Waals surface area contributed by atoms with Crippen LogP contribution in [0.4, 0.5) is 11.5 Å². The standard InChI is InChI=1S/C15H23N3O2/c1-2-10-3-5-11(6-4-10)9-18-14-13(16)12(15(19)20)7-8-17-14/h7-8,10-11H,2-6,9,16H2,1H3,(H,17,18)(H,19,20). The van der Waals surface area contributed by atoms with Crippen LogP contribution in [0.25, 0.3) is 0 Å². The van der Waals surface area contributed by atoms with Crippen molar-refractivity contribution in [3.05, 3.63) is 17.8 Å². The minimum atomic E-state index is -1.02. The molecule has 4 N–H and O–H groups in total. The van der Waals surface area contributed by atoms with Gasteiger partial charge in [-0.1, -0.05) is 26.2 Å². The second-order valence-corrected chi connectivity index (χ2v) is 5.60. The molecule has 0 amide bonds. The summed E-state index contributed by atoms with van der Waals surface area (Å²) in [4.78, 5) is 15.2. The average Bonchev–Trinajstić information content (AvgIpc) is 2.46. The Morgan fingerprint density at radius 1 is 1.40 bits per heavy atom. The molecule has 5 nitrogen and oxygen atoms in total. The second kappa shape index (κ2) is 6.59. The number of carbonyl (C=O) groups is 1. The minimum Gasteiger partial charge on any atom is -0.478 e. The van der Waals surface area contributed by atoms with Gasteiger partial charge in [0.25, 0.3) is 0 Å². The predicted octanol–water partition coefficient (Wildman–Crippen LogP) is 2.99. The van der Waals surface area contributed by atoms with Gasteiger partial charge >= 0.3 is 5.97 Å². The molecule has 0 unspecified atom stereocenters. The van der Waals surface area contributed by atoms with Crippen LogP contribution in [0.1, 0.15) is 49.4 Å². The molecule has 1 fully saturated rings. The third-order valence-electron chi connectivity index (χ3n) is 4.32. The zero-order valence-electron chi connectivity index (χ0n) is 11.9. The fourth-order valence-electron chi connectivity index (χ4n) is 2.89. The highest BCUT2D eigenvalue weighted by molar-refractivity contribution is 5.96. The highest BCUT2D eigenvalue weighted by Gasteiger charge is 2.20. The summed E-state index contributed by atoms with van der Waals surface area (Å²) in [5.74, 6) is 0.983. The SMILES string of the molecule is CCC1CCC(CNc2nccc(C(=O)O)c2N)CC1. The highest BCUT2D eigenvalue weighted by atomic mass is 16.4. The van der Waals surface area contributed by atoms with Crippen LogP contribution in [0, 0.1) is 11.8 Å². The summed E-state index contributed by atoms with van der Waals surface area (Å²) in [6.07, 6.45) is 7.79. The van der Waals surface area contributed by atoms with Gasteiger partial charge < -0.3 is 16.2 Å². The van der Waals surface area contributed by atoms with Gasteiger partial charge in [0.1, 0.15) is 5.82 Å². The maximum atomic E-state index is 11.0. The van der Waals surface area contributed by atoms with E-state index >= 15 is 0 Å². The van der Waals surface area contributed by atoms with E-state index in [4.69, 9.17) is 10.8 Å². The Labute approximate surface area is 119 Å². The number of pyridine rings is 1. The first-order valence-corrected chi connectivity index (χ1v) is 7.33. The molecule has 5 heteroatoms. The number of rotatable bonds is 5. The molecule has 0 atom stereocenters. The molecule has 0 aromatic carbocycles. The largest absolute Gasteiger partial charge is 0.478 e. The maximum Gasteiger partial charge on any atom is 0.337 e. The molecule has 1 aliphatic rings. The Kier molecular flexibility index (Phi) is 4.82. The Hall–Kier alpha value is -1.78. The van der Waals surface area contributed by atoms with Gasteiger partial charge in [0.2, 0.25) is 0 Å². The minimum absolute atomic E-state index is 0.109. The van der Waals surface area contributed by atoms with Crippen LogP contribution in [-0.4, -0.2) is 22.6 Å².